The molecular formula is C18H16FN3O3S. The van der Waals surface area contributed by atoms with Gasteiger partial charge in [0.1, 0.15) is 24.0 Å². The lowest BCUT2D eigenvalue weighted by Crippen LogP contribution is -2.28. The van der Waals surface area contributed by atoms with Crippen LogP contribution in [-0.2, 0) is 23.2 Å². The molecule has 0 atom stereocenters. The molecule has 0 unspecified atom stereocenters. The second-order valence-electron chi connectivity index (χ2n) is 5.99. The lowest BCUT2D eigenvalue weighted by Gasteiger charge is -2.17. The van der Waals surface area contributed by atoms with Crippen molar-refractivity contribution in [2.45, 2.75) is 13.2 Å². The van der Waals surface area contributed by atoms with Gasteiger partial charge in [-0.1, -0.05) is 24.3 Å². The van der Waals surface area contributed by atoms with Crippen LogP contribution >= 0.6 is 0 Å². The van der Waals surface area contributed by atoms with Crippen LogP contribution in [0.3, 0.4) is 0 Å². The maximum Gasteiger partial charge on any atom is 0.235 e. The molecule has 8 heteroatoms. The van der Waals surface area contributed by atoms with Crippen LogP contribution in [0.4, 0.5) is 10.2 Å². The molecule has 0 saturated heterocycles. The van der Waals surface area contributed by atoms with Gasteiger partial charge in [0.05, 0.1) is 18.5 Å². The first-order valence-corrected chi connectivity index (χ1v) is 9.69. The predicted octanol–water partition coefficient (Wildman–Crippen LogP) is 3.02. The standard InChI is InChI=1S/C18H16FN3O3S/c19-15-3-1-2-13(10-15)12-25-16-6-4-14(5-7-16)17-11-20-22-8-9-26(23,24)21-18(17)22/h1-7,10-11,21H,8-9,12H2. The minimum absolute atomic E-state index is 0.0218. The van der Waals surface area contributed by atoms with Crippen molar-refractivity contribution in [3.63, 3.8) is 0 Å². The monoisotopic (exact) mass is 373 g/mol. The maximum absolute atomic E-state index is 13.2. The number of benzene rings is 2. The van der Waals surface area contributed by atoms with Crippen LogP contribution in [0.15, 0.2) is 54.7 Å². The Morgan fingerprint density at radius 3 is 2.77 bits per heavy atom. The van der Waals surface area contributed by atoms with Crippen LogP contribution in [0.2, 0.25) is 0 Å². The third kappa shape index (κ3) is 3.41. The number of halogens is 1. The largest absolute Gasteiger partial charge is 0.489 e. The first kappa shape index (κ1) is 16.6. The summed E-state index contributed by atoms with van der Waals surface area (Å²) in [7, 11) is -3.31. The van der Waals surface area contributed by atoms with E-state index in [1.807, 2.05) is 12.1 Å². The van der Waals surface area contributed by atoms with Crippen molar-refractivity contribution in [2.75, 3.05) is 10.5 Å². The number of nitrogens with one attached hydrogen (secondary N) is 1. The molecule has 1 N–H and O–H groups in total. The number of sulfonamides is 1. The second kappa shape index (κ2) is 6.45. The van der Waals surface area contributed by atoms with Crippen LogP contribution in [0, 0.1) is 5.82 Å². The van der Waals surface area contributed by atoms with Gasteiger partial charge in [0.25, 0.3) is 0 Å². The summed E-state index contributed by atoms with van der Waals surface area (Å²) in [5, 5.41) is 4.23. The Hall–Kier alpha value is -2.87. The smallest absolute Gasteiger partial charge is 0.235 e. The number of nitrogens with zero attached hydrogens (tertiary/aromatic N) is 2. The Bertz CT molecular complexity index is 1050. The molecule has 0 aliphatic carbocycles. The quantitative estimate of drug-likeness (QED) is 0.763. The number of ether oxygens (including phenoxy) is 1. The highest BCUT2D eigenvalue weighted by molar-refractivity contribution is 7.92. The molecule has 1 aromatic heterocycles. The van der Waals surface area contributed by atoms with Gasteiger partial charge in [0.15, 0.2) is 0 Å². The summed E-state index contributed by atoms with van der Waals surface area (Å²) in [6, 6.07) is 13.5. The number of fused-ring (bicyclic) bond motifs is 1. The second-order valence-corrected chi connectivity index (χ2v) is 7.84. The molecule has 1 aliphatic heterocycles. The third-order valence-electron chi connectivity index (χ3n) is 4.12. The molecule has 2 aromatic carbocycles. The van der Waals surface area contributed by atoms with Crippen molar-refractivity contribution < 1.29 is 17.5 Å². The van der Waals surface area contributed by atoms with Gasteiger partial charge in [0.2, 0.25) is 10.0 Å². The molecule has 3 aromatic rings. The molecule has 26 heavy (non-hydrogen) atoms. The fourth-order valence-electron chi connectivity index (χ4n) is 2.80. The third-order valence-corrected chi connectivity index (χ3v) is 5.35. The molecule has 0 amide bonds. The summed E-state index contributed by atoms with van der Waals surface area (Å²) < 4.78 is 46.6. The Kier molecular flexibility index (Phi) is 4.12. The Balaban J connectivity index is 1.51. The molecule has 0 saturated carbocycles. The van der Waals surface area contributed by atoms with Crippen molar-refractivity contribution in [1.82, 2.24) is 9.78 Å². The first-order valence-electron chi connectivity index (χ1n) is 8.04. The molecule has 6 nitrogen and oxygen atoms in total. The number of hydrogen-bond acceptors (Lipinski definition) is 4. The summed E-state index contributed by atoms with van der Waals surface area (Å²) in [6.07, 6.45) is 1.64. The first-order chi connectivity index (χ1) is 12.5. The van der Waals surface area contributed by atoms with Gasteiger partial charge < -0.3 is 4.74 Å². The molecule has 0 fully saturated rings. The summed E-state index contributed by atoms with van der Waals surface area (Å²) >= 11 is 0. The summed E-state index contributed by atoms with van der Waals surface area (Å²) in [4.78, 5) is 0. The van der Waals surface area contributed by atoms with Crippen LogP contribution in [0.5, 0.6) is 5.75 Å². The van der Waals surface area contributed by atoms with Gasteiger partial charge in [-0.25, -0.2) is 17.5 Å². The highest BCUT2D eigenvalue weighted by Crippen LogP contribution is 2.31. The van der Waals surface area contributed by atoms with Crippen molar-refractivity contribution in [1.29, 1.82) is 0 Å². The van der Waals surface area contributed by atoms with E-state index in [4.69, 9.17) is 4.74 Å². The molecule has 4 rings (SSSR count). The number of anilines is 1. The Labute approximate surface area is 150 Å². The summed E-state index contributed by atoms with van der Waals surface area (Å²) in [5.41, 5.74) is 2.29. The Morgan fingerprint density at radius 1 is 1.19 bits per heavy atom. The number of aromatic nitrogens is 2. The van der Waals surface area contributed by atoms with E-state index in [2.05, 4.69) is 9.82 Å². The fourth-order valence-corrected chi connectivity index (χ4v) is 3.83. The van der Waals surface area contributed by atoms with Gasteiger partial charge in [-0.3, -0.25) is 4.72 Å². The average molecular weight is 373 g/mol. The van der Waals surface area contributed by atoms with E-state index in [-0.39, 0.29) is 18.2 Å². The average Bonchev–Trinajstić information content (AvgIpc) is 3.02. The van der Waals surface area contributed by atoms with Gasteiger partial charge in [0, 0.05) is 5.56 Å². The van der Waals surface area contributed by atoms with E-state index in [0.717, 1.165) is 11.1 Å². The number of hydrogen-bond donors (Lipinski definition) is 1. The minimum Gasteiger partial charge on any atom is -0.489 e. The topological polar surface area (TPSA) is 73.2 Å². The zero-order valence-corrected chi connectivity index (χ0v) is 14.5. The van der Waals surface area contributed by atoms with Gasteiger partial charge in [-0.15, -0.1) is 0 Å². The lowest BCUT2D eigenvalue weighted by atomic mass is 10.1. The van der Waals surface area contributed by atoms with Crippen LogP contribution in [0.1, 0.15) is 5.56 Å². The SMILES string of the molecule is O=S1(=O)CCn2ncc(-c3ccc(OCc4cccc(F)c4)cc3)c2N1. The molecule has 0 radical (unpaired) electrons. The van der Waals surface area contributed by atoms with Crippen molar-refractivity contribution in [2.24, 2.45) is 0 Å². The van der Waals surface area contributed by atoms with E-state index >= 15 is 0 Å². The summed E-state index contributed by atoms with van der Waals surface area (Å²) in [5.74, 6) is 0.840. The van der Waals surface area contributed by atoms with E-state index in [1.165, 1.54) is 12.1 Å². The minimum atomic E-state index is -3.31. The Morgan fingerprint density at radius 2 is 2.00 bits per heavy atom. The van der Waals surface area contributed by atoms with E-state index in [0.29, 0.717) is 23.7 Å². The van der Waals surface area contributed by atoms with E-state index < -0.39 is 10.0 Å². The highest BCUT2D eigenvalue weighted by Gasteiger charge is 2.24. The molecular weight excluding hydrogens is 357 g/mol. The molecule has 0 bridgehead atoms. The van der Waals surface area contributed by atoms with Gasteiger partial charge >= 0.3 is 0 Å². The molecule has 2 heterocycles. The lowest BCUT2D eigenvalue weighted by molar-refractivity contribution is 0.305. The van der Waals surface area contributed by atoms with Crippen molar-refractivity contribution >= 4 is 15.8 Å². The maximum atomic E-state index is 13.2. The van der Waals surface area contributed by atoms with Crippen LogP contribution in [-0.4, -0.2) is 24.0 Å². The normalized spacial score (nSPS) is 15.1. The molecule has 134 valence electrons. The van der Waals surface area contributed by atoms with E-state index in [9.17, 15) is 12.8 Å². The zero-order valence-electron chi connectivity index (χ0n) is 13.7. The number of rotatable bonds is 4. The highest BCUT2D eigenvalue weighted by atomic mass is 32.2. The van der Waals surface area contributed by atoms with Gasteiger partial charge in [-0.05, 0) is 35.4 Å². The fraction of sp³-hybridized carbons (Fsp3) is 0.167. The predicted molar refractivity (Wildman–Crippen MR) is 95.8 cm³/mol. The zero-order chi connectivity index (χ0) is 18.1. The molecule has 1 aliphatic rings. The van der Waals surface area contributed by atoms with Crippen molar-refractivity contribution in [3.05, 3.63) is 66.1 Å². The molecule has 0 spiro atoms. The van der Waals surface area contributed by atoms with Crippen LogP contribution < -0.4 is 9.46 Å². The van der Waals surface area contributed by atoms with E-state index in [1.54, 1.807) is 35.1 Å². The van der Waals surface area contributed by atoms with Crippen molar-refractivity contribution in [3.8, 4) is 16.9 Å². The number of aryl methyl sites for hydroxylation is 1. The summed E-state index contributed by atoms with van der Waals surface area (Å²) in [6.45, 7) is 0.597. The van der Waals surface area contributed by atoms with Crippen LogP contribution in [0.25, 0.3) is 11.1 Å². The van der Waals surface area contributed by atoms with Gasteiger partial charge in [-0.2, -0.15) is 5.10 Å².